The lowest BCUT2D eigenvalue weighted by atomic mass is 10.1. The molecule has 0 N–H and O–H groups in total. The second-order valence-corrected chi connectivity index (χ2v) is 7.06. The summed E-state index contributed by atoms with van der Waals surface area (Å²) in [5, 5.41) is 0.687. The molecule has 0 aliphatic rings. The number of ether oxygens (including phenoxy) is 2. The van der Waals surface area contributed by atoms with Gasteiger partial charge in [0.2, 0.25) is 5.78 Å². The molecule has 3 aromatic carbocycles. The fourth-order valence-electron chi connectivity index (χ4n) is 2.69. The Kier molecular flexibility index (Phi) is 7.41. The van der Waals surface area contributed by atoms with Crippen molar-refractivity contribution in [1.82, 2.24) is 0 Å². The van der Waals surface area contributed by atoms with Crippen molar-refractivity contribution in [2.45, 2.75) is 19.6 Å². The minimum atomic E-state index is -0.854. The minimum Gasteiger partial charge on any atom is -0.489 e. The molecular formula is C25H21ClO4. The molecule has 0 saturated heterocycles. The molecule has 0 amide bonds. The number of benzene rings is 3. The van der Waals surface area contributed by atoms with Crippen molar-refractivity contribution in [2.75, 3.05) is 0 Å². The summed E-state index contributed by atoms with van der Waals surface area (Å²) in [5.74, 6) is -0.0962. The average molecular weight is 421 g/mol. The van der Waals surface area contributed by atoms with Gasteiger partial charge in [0.05, 0.1) is 0 Å². The Balaban J connectivity index is 1.49. The predicted octanol–water partition coefficient (Wildman–Crippen LogP) is 5.75. The van der Waals surface area contributed by atoms with Crippen LogP contribution < -0.4 is 4.74 Å². The van der Waals surface area contributed by atoms with E-state index in [1.54, 1.807) is 37.3 Å². The van der Waals surface area contributed by atoms with Gasteiger partial charge in [-0.1, -0.05) is 66.2 Å². The van der Waals surface area contributed by atoms with Gasteiger partial charge in [-0.25, -0.2) is 4.79 Å². The van der Waals surface area contributed by atoms with Crippen LogP contribution in [0.25, 0.3) is 6.08 Å². The Labute approximate surface area is 180 Å². The number of ketones is 1. The van der Waals surface area contributed by atoms with Crippen LogP contribution >= 0.6 is 11.6 Å². The molecule has 30 heavy (non-hydrogen) atoms. The van der Waals surface area contributed by atoms with Crippen LogP contribution in [0.2, 0.25) is 5.02 Å². The van der Waals surface area contributed by atoms with Gasteiger partial charge >= 0.3 is 5.97 Å². The van der Waals surface area contributed by atoms with Gasteiger partial charge in [-0.05, 0) is 48.4 Å². The molecule has 0 fully saturated rings. The molecule has 4 nitrogen and oxygen atoms in total. The van der Waals surface area contributed by atoms with Crippen LogP contribution in [0.5, 0.6) is 5.75 Å². The Morgan fingerprint density at radius 1 is 0.933 bits per heavy atom. The summed E-state index contributed by atoms with van der Waals surface area (Å²) >= 11 is 5.87. The van der Waals surface area contributed by atoms with E-state index in [0.717, 1.165) is 11.1 Å². The highest BCUT2D eigenvalue weighted by Crippen LogP contribution is 2.16. The van der Waals surface area contributed by atoms with Crippen molar-refractivity contribution in [3.8, 4) is 5.75 Å². The lowest BCUT2D eigenvalue weighted by molar-refractivity contribution is -0.140. The number of esters is 1. The second-order valence-electron chi connectivity index (χ2n) is 6.63. The molecule has 152 valence electrons. The van der Waals surface area contributed by atoms with Crippen molar-refractivity contribution in [3.05, 3.63) is 107 Å². The molecule has 0 spiro atoms. The van der Waals surface area contributed by atoms with E-state index in [-0.39, 0.29) is 5.78 Å². The van der Waals surface area contributed by atoms with Crippen molar-refractivity contribution >= 4 is 29.4 Å². The molecule has 0 radical (unpaired) electrons. The van der Waals surface area contributed by atoms with Gasteiger partial charge in [0.1, 0.15) is 12.4 Å². The van der Waals surface area contributed by atoms with Crippen LogP contribution in [-0.4, -0.2) is 17.9 Å². The lowest BCUT2D eigenvalue weighted by Gasteiger charge is -2.10. The average Bonchev–Trinajstić information content (AvgIpc) is 2.78. The summed E-state index contributed by atoms with van der Waals surface area (Å²) < 4.78 is 10.9. The summed E-state index contributed by atoms with van der Waals surface area (Å²) in [6, 6.07) is 23.5. The highest BCUT2D eigenvalue weighted by molar-refractivity contribution is 6.30. The molecule has 1 unspecified atom stereocenters. The molecule has 0 heterocycles. The zero-order chi connectivity index (χ0) is 21.3. The molecular weight excluding hydrogens is 400 g/mol. The number of hydrogen-bond acceptors (Lipinski definition) is 4. The third-order valence-electron chi connectivity index (χ3n) is 4.33. The van der Waals surface area contributed by atoms with Gasteiger partial charge in [-0.3, -0.25) is 4.79 Å². The summed E-state index contributed by atoms with van der Waals surface area (Å²) in [5.41, 5.74) is 2.34. The molecule has 5 heteroatoms. The van der Waals surface area contributed by atoms with Gasteiger partial charge in [0, 0.05) is 16.7 Å². The van der Waals surface area contributed by atoms with E-state index >= 15 is 0 Å². The van der Waals surface area contributed by atoms with Crippen LogP contribution in [-0.2, 0) is 16.1 Å². The smallest absolute Gasteiger partial charge is 0.331 e. The molecule has 1 atom stereocenters. The number of Topliss-reactive ketones (excluding diaryl/α,β-unsaturated/α-hetero) is 1. The van der Waals surface area contributed by atoms with Gasteiger partial charge in [0.25, 0.3) is 0 Å². The van der Waals surface area contributed by atoms with Crippen molar-refractivity contribution < 1.29 is 19.1 Å². The van der Waals surface area contributed by atoms with E-state index in [2.05, 4.69) is 0 Å². The highest BCUT2D eigenvalue weighted by Gasteiger charge is 2.17. The highest BCUT2D eigenvalue weighted by atomic mass is 35.5. The first-order valence-electron chi connectivity index (χ1n) is 9.46. The summed E-state index contributed by atoms with van der Waals surface area (Å²) in [4.78, 5) is 24.3. The maximum Gasteiger partial charge on any atom is 0.331 e. The quantitative estimate of drug-likeness (QED) is 0.264. The molecule has 3 rings (SSSR count). The second kappa shape index (κ2) is 10.4. The van der Waals surface area contributed by atoms with E-state index in [0.29, 0.717) is 22.9 Å². The van der Waals surface area contributed by atoms with Crippen molar-refractivity contribution in [3.63, 3.8) is 0 Å². The fraction of sp³-hybridized carbons (Fsp3) is 0.120. The van der Waals surface area contributed by atoms with Crippen LogP contribution in [0.15, 0.2) is 84.9 Å². The molecule has 0 aromatic heterocycles. The normalized spacial score (nSPS) is 11.8. The first-order valence-corrected chi connectivity index (χ1v) is 9.84. The molecule has 3 aromatic rings. The molecule has 0 aliphatic heterocycles. The monoisotopic (exact) mass is 420 g/mol. The first kappa shape index (κ1) is 21.3. The third kappa shape index (κ3) is 6.33. The lowest BCUT2D eigenvalue weighted by Crippen LogP contribution is -2.23. The maximum atomic E-state index is 12.3. The topological polar surface area (TPSA) is 52.6 Å². The summed E-state index contributed by atoms with van der Waals surface area (Å²) in [6.45, 7) is 2.00. The Bertz CT molecular complexity index is 1010. The number of carbonyl (C=O) groups excluding carboxylic acids is 2. The largest absolute Gasteiger partial charge is 0.489 e. The number of rotatable bonds is 8. The zero-order valence-corrected chi connectivity index (χ0v) is 17.2. The van der Waals surface area contributed by atoms with E-state index < -0.39 is 12.1 Å². The van der Waals surface area contributed by atoms with Crippen LogP contribution in [0.3, 0.4) is 0 Å². The van der Waals surface area contributed by atoms with E-state index in [9.17, 15) is 9.59 Å². The molecule has 0 bridgehead atoms. The number of hydrogen-bond donors (Lipinski definition) is 0. The Morgan fingerprint density at radius 3 is 2.27 bits per heavy atom. The minimum absolute atomic E-state index is 0.237. The third-order valence-corrected chi connectivity index (χ3v) is 4.58. The van der Waals surface area contributed by atoms with Gasteiger partial charge in [-0.15, -0.1) is 0 Å². The summed E-state index contributed by atoms with van der Waals surface area (Å²) in [6.07, 6.45) is 2.08. The van der Waals surface area contributed by atoms with E-state index in [1.165, 1.54) is 6.08 Å². The SMILES string of the molecule is CC(OC(=O)C=Cc1ccc(OCc2ccc(Cl)cc2)cc1)C(=O)c1ccccc1. The predicted molar refractivity (Wildman–Crippen MR) is 118 cm³/mol. The van der Waals surface area contributed by atoms with E-state index in [4.69, 9.17) is 21.1 Å². The van der Waals surface area contributed by atoms with E-state index in [1.807, 2.05) is 54.6 Å². The maximum absolute atomic E-state index is 12.3. The van der Waals surface area contributed by atoms with Gasteiger partial charge in [-0.2, -0.15) is 0 Å². The van der Waals surface area contributed by atoms with Crippen molar-refractivity contribution in [1.29, 1.82) is 0 Å². The Hall–Kier alpha value is -3.37. The van der Waals surface area contributed by atoms with Gasteiger partial charge < -0.3 is 9.47 Å². The molecule has 0 saturated carbocycles. The zero-order valence-electron chi connectivity index (χ0n) is 16.5. The number of halogens is 1. The standard InChI is InChI=1S/C25H21ClO4/c1-18(25(28)21-5-3-2-4-6-21)30-24(27)16-11-19-9-14-23(15-10-19)29-17-20-7-12-22(26)13-8-20/h2-16,18H,17H2,1H3. The summed E-state index contributed by atoms with van der Waals surface area (Å²) in [7, 11) is 0. The van der Waals surface area contributed by atoms with Crippen molar-refractivity contribution in [2.24, 2.45) is 0 Å². The van der Waals surface area contributed by atoms with Crippen LogP contribution in [0, 0.1) is 0 Å². The van der Waals surface area contributed by atoms with Crippen LogP contribution in [0.1, 0.15) is 28.4 Å². The Morgan fingerprint density at radius 2 is 1.60 bits per heavy atom. The first-order chi connectivity index (χ1) is 14.5. The fourth-order valence-corrected chi connectivity index (χ4v) is 2.82. The van der Waals surface area contributed by atoms with Crippen LogP contribution in [0.4, 0.5) is 0 Å². The number of carbonyl (C=O) groups is 2. The van der Waals surface area contributed by atoms with Gasteiger partial charge in [0.15, 0.2) is 6.10 Å². The molecule has 0 aliphatic carbocycles.